The third-order valence-electron chi connectivity index (χ3n) is 4.06. The first-order valence-electron chi connectivity index (χ1n) is 9.43. The number of hydrogen-bond acceptors (Lipinski definition) is 5. The minimum absolute atomic E-state index is 0.741. The predicted octanol–water partition coefficient (Wildman–Crippen LogP) is 1.23. The molecule has 0 fully saturated rings. The van der Waals surface area contributed by atoms with Gasteiger partial charge in [0.15, 0.2) is 0 Å². The minimum atomic E-state index is 0.741. The van der Waals surface area contributed by atoms with Gasteiger partial charge in [-0.1, -0.05) is 24.6 Å². The summed E-state index contributed by atoms with van der Waals surface area (Å²) in [4.78, 5) is 0. The van der Waals surface area contributed by atoms with Crippen molar-refractivity contribution in [3.63, 3.8) is 0 Å². The molecule has 0 spiro atoms. The summed E-state index contributed by atoms with van der Waals surface area (Å²) in [5.41, 5.74) is 20.8. The van der Waals surface area contributed by atoms with E-state index in [1.54, 1.807) is 0 Å². The lowest BCUT2D eigenvalue weighted by molar-refractivity contribution is 0.644. The lowest BCUT2D eigenvalue weighted by Gasteiger charge is -2.12. The van der Waals surface area contributed by atoms with Gasteiger partial charge in [0.2, 0.25) is 0 Å². The fraction of sp³-hybridized carbons (Fsp3) is 0.684. The molecule has 0 saturated heterocycles. The Balaban J connectivity index is 2.58. The summed E-state index contributed by atoms with van der Waals surface area (Å²) < 4.78 is 0. The van der Waals surface area contributed by atoms with Gasteiger partial charge < -0.3 is 27.8 Å². The van der Waals surface area contributed by atoms with E-state index >= 15 is 0 Å². The topological polar surface area (TPSA) is 102 Å². The largest absolute Gasteiger partial charge is 0.330 e. The molecule has 8 N–H and O–H groups in total. The second-order valence-corrected chi connectivity index (χ2v) is 6.40. The summed E-state index contributed by atoms with van der Waals surface area (Å²) >= 11 is 0. The van der Waals surface area contributed by atoms with Crippen molar-refractivity contribution in [2.45, 2.75) is 51.6 Å². The molecule has 1 aromatic carbocycles. The highest BCUT2D eigenvalue weighted by atomic mass is 14.9. The molecule has 5 nitrogen and oxygen atoms in total. The molecule has 1 rings (SSSR count). The normalized spacial score (nSPS) is 11.1. The van der Waals surface area contributed by atoms with E-state index in [9.17, 15) is 0 Å². The quantitative estimate of drug-likeness (QED) is 0.310. The molecular weight excluding hydrogens is 298 g/mol. The van der Waals surface area contributed by atoms with E-state index in [1.807, 2.05) is 0 Å². The molecule has 1 aromatic rings. The Morgan fingerprint density at radius 3 is 1.58 bits per heavy atom. The van der Waals surface area contributed by atoms with Crippen molar-refractivity contribution in [2.24, 2.45) is 17.2 Å². The molecule has 0 amide bonds. The lowest BCUT2D eigenvalue weighted by atomic mass is 10.0. The average Bonchev–Trinajstić information content (AvgIpc) is 2.59. The lowest BCUT2D eigenvalue weighted by Crippen LogP contribution is -2.19. The molecule has 0 heterocycles. The van der Waals surface area contributed by atoms with E-state index in [4.69, 9.17) is 17.2 Å². The molecular formula is C19H37N5. The maximum atomic E-state index is 5.58. The molecule has 0 atom stereocenters. The molecule has 138 valence electrons. The molecule has 0 aliphatic carbocycles. The molecule has 0 aliphatic rings. The van der Waals surface area contributed by atoms with Gasteiger partial charge in [-0.25, -0.2) is 0 Å². The summed E-state index contributed by atoms with van der Waals surface area (Å²) in [6, 6.07) is 6.97. The molecule has 0 radical (unpaired) electrons. The zero-order valence-corrected chi connectivity index (χ0v) is 15.2. The minimum Gasteiger partial charge on any atom is -0.330 e. The van der Waals surface area contributed by atoms with Gasteiger partial charge in [-0.2, -0.15) is 0 Å². The first-order chi connectivity index (χ1) is 11.8. The van der Waals surface area contributed by atoms with Gasteiger partial charge in [-0.15, -0.1) is 0 Å². The number of nitrogens with one attached hydrogen (secondary N) is 2. The Hall–Kier alpha value is -0.980. The first-order valence-corrected chi connectivity index (χ1v) is 9.43. The van der Waals surface area contributed by atoms with Crippen molar-refractivity contribution in [3.05, 3.63) is 34.9 Å². The van der Waals surface area contributed by atoms with Crippen LogP contribution in [-0.4, -0.2) is 32.7 Å². The zero-order chi connectivity index (χ0) is 17.5. The van der Waals surface area contributed by atoms with E-state index in [1.165, 1.54) is 29.5 Å². The van der Waals surface area contributed by atoms with Crippen LogP contribution < -0.4 is 27.8 Å². The van der Waals surface area contributed by atoms with Crippen LogP contribution in [0.3, 0.4) is 0 Å². The van der Waals surface area contributed by atoms with Gasteiger partial charge in [0, 0.05) is 13.1 Å². The maximum absolute atomic E-state index is 5.58. The van der Waals surface area contributed by atoms with Crippen LogP contribution in [-0.2, 0) is 19.5 Å². The monoisotopic (exact) mass is 335 g/mol. The van der Waals surface area contributed by atoms with Crippen LogP contribution in [0.1, 0.15) is 48.8 Å². The third-order valence-corrected chi connectivity index (χ3v) is 4.06. The van der Waals surface area contributed by atoms with Crippen molar-refractivity contribution < 1.29 is 0 Å². The number of nitrogens with two attached hydrogens (primary N) is 3. The molecule has 0 saturated carbocycles. The van der Waals surface area contributed by atoms with Crippen LogP contribution in [0.15, 0.2) is 18.2 Å². The Kier molecular flexibility index (Phi) is 12.6. The Bertz CT molecular complexity index is 348. The van der Waals surface area contributed by atoms with Gasteiger partial charge in [0.25, 0.3) is 0 Å². The van der Waals surface area contributed by atoms with E-state index in [2.05, 4.69) is 28.8 Å². The summed E-state index contributed by atoms with van der Waals surface area (Å²) in [6.45, 7) is 6.04. The number of benzene rings is 1. The van der Waals surface area contributed by atoms with Crippen molar-refractivity contribution >= 4 is 0 Å². The Labute approximate surface area is 147 Å². The van der Waals surface area contributed by atoms with E-state index in [-0.39, 0.29) is 0 Å². The summed E-state index contributed by atoms with van der Waals surface area (Å²) in [5, 5.41) is 6.95. The van der Waals surface area contributed by atoms with Crippen LogP contribution in [0.2, 0.25) is 0 Å². The predicted molar refractivity (Wildman–Crippen MR) is 104 cm³/mol. The third kappa shape index (κ3) is 10.0. The number of hydrogen-bond donors (Lipinski definition) is 5. The molecule has 24 heavy (non-hydrogen) atoms. The van der Waals surface area contributed by atoms with Crippen LogP contribution in [0.4, 0.5) is 0 Å². The van der Waals surface area contributed by atoms with Gasteiger partial charge in [-0.3, -0.25) is 0 Å². The highest BCUT2D eigenvalue weighted by Gasteiger charge is 2.02. The number of rotatable bonds is 15. The molecule has 0 aliphatic heterocycles. The zero-order valence-electron chi connectivity index (χ0n) is 15.2. The fourth-order valence-electron chi connectivity index (χ4n) is 2.76. The standard InChI is InChI=1S/C19H37N5/c20-7-3-1-2-6-17-12-18(15-23-10-4-8-21)14-19(13-17)16-24-11-5-9-22/h12-14,23-24H,1-11,15-16,20-22H2. The molecule has 0 aromatic heterocycles. The second kappa shape index (κ2) is 14.4. The van der Waals surface area contributed by atoms with Gasteiger partial charge in [0.05, 0.1) is 0 Å². The average molecular weight is 336 g/mol. The van der Waals surface area contributed by atoms with E-state index in [0.717, 1.165) is 71.5 Å². The van der Waals surface area contributed by atoms with Crippen molar-refractivity contribution in [1.82, 2.24) is 10.6 Å². The fourth-order valence-corrected chi connectivity index (χ4v) is 2.76. The smallest absolute Gasteiger partial charge is 0.0205 e. The summed E-state index contributed by atoms with van der Waals surface area (Å²) in [5.74, 6) is 0. The first kappa shape index (κ1) is 21.1. The van der Waals surface area contributed by atoms with Crippen molar-refractivity contribution in [2.75, 3.05) is 32.7 Å². The molecule has 0 unspecified atom stereocenters. The van der Waals surface area contributed by atoms with Crippen molar-refractivity contribution in [1.29, 1.82) is 0 Å². The van der Waals surface area contributed by atoms with E-state index < -0.39 is 0 Å². The highest BCUT2D eigenvalue weighted by molar-refractivity contribution is 5.30. The second-order valence-electron chi connectivity index (χ2n) is 6.40. The van der Waals surface area contributed by atoms with Crippen LogP contribution in [0, 0.1) is 0 Å². The Morgan fingerprint density at radius 1 is 0.583 bits per heavy atom. The van der Waals surface area contributed by atoms with Gasteiger partial charge >= 0.3 is 0 Å². The van der Waals surface area contributed by atoms with Gasteiger partial charge in [-0.05, 0) is 81.5 Å². The maximum Gasteiger partial charge on any atom is 0.0205 e. The molecule has 0 bridgehead atoms. The van der Waals surface area contributed by atoms with Crippen molar-refractivity contribution in [3.8, 4) is 0 Å². The number of aryl methyl sites for hydroxylation is 1. The summed E-state index contributed by atoms with van der Waals surface area (Å²) in [6.07, 6.45) is 6.71. The van der Waals surface area contributed by atoms with Crippen LogP contribution >= 0.6 is 0 Å². The Morgan fingerprint density at radius 2 is 1.08 bits per heavy atom. The molecule has 5 heteroatoms. The number of unbranched alkanes of at least 4 members (excludes halogenated alkanes) is 2. The van der Waals surface area contributed by atoms with Crippen LogP contribution in [0.25, 0.3) is 0 Å². The van der Waals surface area contributed by atoms with Crippen LogP contribution in [0.5, 0.6) is 0 Å². The van der Waals surface area contributed by atoms with Gasteiger partial charge in [0.1, 0.15) is 0 Å². The summed E-state index contributed by atoms with van der Waals surface area (Å²) in [7, 11) is 0. The SMILES string of the molecule is NCCCCCc1cc(CNCCCN)cc(CNCCCN)c1. The highest BCUT2D eigenvalue weighted by Crippen LogP contribution is 2.14. The van der Waals surface area contributed by atoms with E-state index in [0.29, 0.717) is 0 Å².